The van der Waals surface area contributed by atoms with E-state index in [1.165, 1.54) is 0 Å². The van der Waals surface area contributed by atoms with Crippen molar-refractivity contribution < 1.29 is 33.4 Å². The van der Waals surface area contributed by atoms with Gasteiger partial charge in [0.2, 0.25) is 5.91 Å². The molecule has 0 bridgehead atoms. The number of amides is 2. The van der Waals surface area contributed by atoms with Gasteiger partial charge in [-0.25, -0.2) is 4.79 Å². The zero-order valence-electron chi connectivity index (χ0n) is 20.7. The van der Waals surface area contributed by atoms with E-state index in [2.05, 4.69) is 5.32 Å². The Morgan fingerprint density at radius 3 is 2.49 bits per heavy atom. The molecular weight excluding hydrogens is 454 g/mol. The van der Waals surface area contributed by atoms with Gasteiger partial charge in [0.25, 0.3) is 0 Å². The van der Waals surface area contributed by atoms with E-state index in [-0.39, 0.29) is 63.0 Å². The van der Waals surface area contributed by atoms with E-state index in [4.69, 9.17) is 14.2 Å². The van der Waals surface area contributed by atoms with Crippen molar-refractivity contribution >= 4 is 23.9 Å². The van der Waals surface area contributed by atoms with Gasteiger partial charge in [-0.05, 0) is 12.0 Å². The molecule has 1 aromatic rings. The topological polar surface area (TPSA) is 114 Å². The Morgan fingerprint density at radius 1 is 1.00 bits per heavy atom. The summed E-state index contributed by atoms with van der Waals surface area (Å²) in [5, 5.41) is 2.59. The number of carbonyl (C=O) groups is 4. The fourth-order valence-electron chi connectivity index (χ4n) is 3.52. The molecule has 0 saturated carbocycles. The van der Waals surface area contributed by atoms with Crippen LogP contribution in [0.4, 0.5) is 4.79 Å². The quantitative estimate of drug-likeness (QED) is 0.254. The number of nitrogens with zero attached hydrogens (tertiary/aromatic N) is 2. The first-order chi connectivity index (χ1) is 16.9. The fourth-order valence-corrected chi connectivity index (χ4v) is 3.52. The first kappa shape index (κ1) is 28.1. The Kier molecular flexibility index (Phi) is 12.6. The molecule has 1 unspecified atom stereocenters. The number of hydrogen-bond acceptors (Lipinski definition) is 8. The van der Waals surface area contributed by atoms with Crippen molar-refractivity contribution in [2.75, 3.05) is 45.9 Å². The maximum absolute atomic E-state index is 12.7. The molecule has 1 saturated heterocycles. The molecule has 194 valence electrons. The third-order valence-corrected chi connectivity index (χ3v) is 5.60. The summed E-state index contributed by atoms with van der Waals surface area (Å²) in [6, 6.07) is 9.00. The van der Waals surface area contributed by atoms with E-state index in [1.54, 1.807) is 11.8 Å². The summed E-state index contributed by atoms with van der Waals surface area (Å²) in [6.07, 6.45) is 1.52. The number of esters is 2. The van der Waals surface area contributed by atoms with Crippen LogP contribution in [0.15, 0.2) is 30.3 Å². The van der Waals surface area contributed by atoms with Crippen LogP contribution in [-0.4, -0.2) is 85.7 Å². The van der Waals surface area contributed by atoms with Gasteiger partial charge in [-0.2, -0.15) is 0 Å². The van der Waals surface area contributed by atoms with Crippen molar-refractivity contribution in [1.82, 2.24) is 15.1 Å². The van der Waals surface area contributed by atoms with Crippen molar-refractivity contribution in [3.05, 3.63) is 35.9 Å². The van der Waals surface area contributed by atoms with Crippen molar-refractivity contribution in [1.29, 1.82) is 0 Å². The molecule has 1 N–H and O–H groups in total. The largest absolute Gasteiger partial charge is 0.465 e. The monoisotopic (exact) mass is 491 g/mol. The van der Waals surface area contributed by atoms with Crippen LogP contribution in [0.1, 0.15) is 45.1 Å². The molecule has 1 aliphatic rings. The number of hydrogen-bond donors (Lipinski definition) is 1. The van der Waals surface area contributed by atoms with Gasteiger partial charge in [-0.3, -0.25) is 19.3 Å². The molecule has 0 aliphatic carbocycles. The number of alkyl carbamates (subject to hydrolysis) is 1. The molecule has 0 spiro atoms. The second kappa shape index (κ2) is 15.7. The molecule has 1 aliphatic heterocycles. The number of ether oxygens (including phenoxy) is 3. The van der Waals surface area contributed by atoms with Crippen LogP contribution in [-0.2, 0) is 35.2 Å². The number of carbonyl (C=O) groups excluding carboxylic acids is 4. The lowest BCUT2D eigenvalue weighted by Gasteiger charge is -2.40. The van der Waals surface area contributed by atoms with Crippen LogP contribution < -0.4 is 5.32 Å². The fraction of sp³-hybridized carbons (Fsp3) is 0.600. The van der Waals surface area contributed by atoms with E-state index in [9.17, 15) is 19.2 Å². The zero-order valence-corrected chi connectivity index (χ0v) is 20.7. The van der Waals surface area contributed by atoms with Crippen molar-refractivity contribution in [2.45, 2.75) is 52.2 Å². The Bertz CT molecular complexity index is 819. The Balaban J connectivity index is 1.79. The van der Waals surface area contributed by atoms with Gasteiger partial charge in [0.1, 0.15) is 13.2 Å². The molecule has 1 heterocycles. The predicted octanol–water partition coefficient (Wildman–Crippen LogP) is 2.11. The molecule has 1 fully saturated rings. The van der Waals surface area contributed by atoms with Crippen LogP contribution in [0.25, 0.3) is 0 Å². The minimum absolute atomic E-state index is 0.0783. The summed E-state index contributed by atoms with van der Waals surface area (Å²) in [5.41, 5.74) is 0.876. The second-order valence-corrected chi connectivity index (χ2v) is 8.31. The number of rotatable bonds is 13. The van der Waals surface area contributed by atoms with Gasteiger partial charge in [0, 0.05) is 39.0 Å². The van der Waals surface area contributed by atoms with Crippen LogP contribution in [0, 0.1) is 0 Å². The highest BCUT2D eigenvalue weighted by Gasteiger charge is 2.31. The lowest BCUT2D eigenvalue weighted by molar-refractivity contribution is -0.150. The Hall–Kier alpha value is -3.14. The number of benzene rings is 1. The summed E-state index contributed by atoms with van der Waals surface area (Å²) in [6.45, 7) is 5.77. The second-order valence-electron chi connectivity index (χ2n) is 8.31. The highest BCUT2D eigenvalue weighted by molar-refractivity contribution is 5.77. The van der Waals surface area contributed by atoms with Gasteiger partial charge in [-0.1, -0.05) is 50.6 Å². The molecule has 35 heavy (non-hydrogen) atoms. The van der Waals surface area contributed by atoms with Crippen molar-refractivity contribution in [3.8, 4) is 0 Å². The lowest BCUT2D eigenvalue weighted by Crippen LogP contribution is -2.57. The standard InChI is InChI=1S/C25H37N3O7/c1-3-5-15-33-24(31)17-27-13-14-28(16-21(27)19-34-23(30)4-2)22(29)11-12-26-25(32)35-18-20-9-7-6-8-10-20/h6-10,21H,3-5,11-19H2,1-2H3,(H,26,32). The molecule has 1 atom stereocenters. The van der Waals surface area contributed by atoms with Gasteiger partial charge in [0.15, 0.2) is 0 Å². The van der Waals surface area contributed by atoms with Crippen LogP contribution in [0.2, 0.25) is 0 Å². The maximum Gasteiger partial charge on any atom is 0.407 e. The maximum atomic E-state index is 12.7. The lowest BCUT2D eigenvalue weighted by atomic mass is 10.1. The van der Waals surface area contributed by atoms with E-state index in [0.717, 1.165) is 18.4 Å². The molecule has 10 heteroatoms. The van der Waals surface area contributed by atoms with Crippen molar-refractivity contribution in [2.24, 2.45) is 0 Å². The van der Waals surface area contributed by atoms with E-state index in [1.807, 2.05) is 42.2 Å². The first-order valence-corrected chi connectivity index (χ1v) is 12.2. The van der Waals surface area contributed by atoms with Gasteiger partial charge in [-0.15, -0.1) is 0 Å². The molecule has 1 aromatic carbocycles. The number of nitrogens with one attached hydrogen (secondary N) is 1. The average Bonchev–Trinajstić information content (AvgIpc) is 2.87. The third kappa shape index (κ3) is 10.8. The van der Waals surface area contributed by atoms with Crippen molar-refractivity contribution in [3.63, 3.8) is 0 Å². The molecule has 0 aromatic heterocycles. The Labute approximate surface area is 206 Å². The molecule has 2 rings (SSSR count). The van der Waals surface area contributed by atoms with E-state index < -0.39 is 6.09 Å². The smallest absolute Gasteiger partial charge is 0.407 e. The van der Waals surface area contributed by atoms with Gasteiger partial charge in [0.05, 0.1) is 19.2 Å². The predicted molar refractivity (Wildman–Crippen MR) is 128 cm³/mol. The number of piperazine rings is 1. The summed E-state index contributed by atoms with van der Waals surface area (Å²) in [5.74, 6) is -0.800. The van der Waals surface area contributed by atoms with E-state index >= 15 is 0 Å². The first-order valence-electron chi connectivity index (χ1n) is 12.2. The highest BCUT2D eigenvalue weighted by Crippen LogP contribution is 2.13. The summed E-state index contributed by atoms with van der Waals surface area (Å²) in [7, 11) is 0. The summed E-state index contributed by atoms with van der Waals surface area (Å²) in [4.78, 5) is 52.0. The zero-order chi connectivity index (χ0) is 25.5. The normalized spacial score (nSPS) is 15.8. The van der Waals surface area contributed by atoms with Gasteiger partial charge < -0.3 is 24.4 Å². The van der Waals surface area contributed by atoms with Crippen LogP contribution in [0.3, 0.4) is 0 Å². The third-order valence-electron chi connectivity index (χ3n) is 5.60. The van der Waals surface area contributed by atoms with Gasteiger partial charge >= 0.3 is 18.0 Å². The minimum Gasteiger partial charge on any atom is -0.465 e. The summed E-state index contributed by atoms with van der Waals surface area (Å²) < 4.78 is 15.7. The van der Waals surface area contributed by atoms with Crippen LogP contribution >= 0.6 is 0 Å². The van der Waals surface area contributed by atoms with Crippen LogP contribution in [0.5, 0.6) is 0 Å². The average molecular weight is 492 g/mol. The van der Waals surface area contributed by atoms with E-state index in [0.29, 0.717) is 26.2 Å². The number of unbranched alkanes of at least 4 members (excludes halogenated alkanes) is 1. The Morgan fingerprint density at radius 2 is 1.77 bits per heavy atom. The molecular formula is C25H37N3O7. The molecule has 0 radical (unpaired) electrons. The highest BCUT2D eigenvalue weighted by atomic mass is 16.5. The molecule has 2 amide bonds. The minimum atomic E-state index is -0.586. The summed E-state index contributed by atoms with van der Waals surface area (Å²) >= 11 is 0. The molecule has 10 nitrogen and oxygen atoms in total. The SMILES string of the molecule is CCCCOC(=O)CN1CCN(C(=O)CCNC(=O)OCc2ccccc2)CC1COC(=O)CC.